The normalized spacial score (nSPS) is 11.1. The van der Waals surface area contributed by atoms with Crippen molar-refractivity contribution in [2.24, 2.45) is 0 Å². The van der Waals surface area contributed by atoms with E-state index in [-0.39, 0.29) is 17.3 Å². The first kappa shape index (κ1) is 25.6. The van der Waals surface area contributed by atoms with Gasteiger partial charge in [-0.1, -0.05) is 41.4 Å². The molecule has 1 amide bonds. The number of amides is 1. The van der Waals surface area contributed by atoms with Crippen LogP contribution in [-0.2, 0) is 21.2 Å². The highest BCUT2D eigenvalue weighted by Crippen LogP contribution is 2.25. The van der Waals surface area contributed by atoms with Gasteiger partial charge in [-0.25, -0.2) is 8.42 Å². The monoisotopic (exact) mass is 500 g/mol. The van der Waals surface area contributed by atoms with Crippen molar-refractivity contribution in [1.82, 2.24) is 5.32 Å². The number of hydrogen-bond donors (Lipinski definition) is 1. The van der Waals surface area contributed by atoms with Crippen LogP contribution < -0.4 is 14.4 Å². The second-order valence-corrected chi connectivity index (χ2v) is 10.1. The fraction of sp³-hybridized carbons (Fsp3) is 0.269. The molecule has 0 spiro atoms. The molecule has 8 heteroatoms. The van der Waals surface area contributed by atoms with Gasteiger partial charge >= 0.3 is 0 Å². The van der Waals surface area contributed by atoms with Gasteiger partial charge in [-0.2, -0.15) is 0 Å². The van der Waals surface area contributed by atoms with Crippen LogP contribution in [0, 0.1) is 6.92 Å². The Morgan fingerprint density at radius 1 is 0.971 bits per heavy atom. The van der Waals surface area contributed by atoms with Gasteiger partial charge in [0.1, 0.15) is 12.3 Å². The van der Waals surface area contributed by atoms with Crippen LogP contribution >= 0.6 is 11.6 Å². The first-order valence-corrected chi connectivity index (χ1v) is 12.9. The maximum atomic E-state index is 13.4. The molecule has 0 aliphatic rings. The van der Waals surface area contributed by atoms with Crippen molar-refractivity contribution >= 4 is 33.2 Å². The smallest absolute Gasteiger partial charge is 0.264 e. The molecule has 0 heterocycles. The van der Waals surface area contributed by atoms with Crippen LogP contribution in [0.15, 0.2) is 77.7 Å². The van der Waals surface area contributed by atoms with Crippen LogP contribution in [0.4, 0.5) is 5.69 Å². The summed E-state index contributed by atoms with van der Waals surface area (Å²) in [4.78, 5) is 12.8. The van der Waals surface area contributed by atoms with Crippen LogP contribution in [0.2, 0.25) is 5.02 Å². The largest absolute Gasteiger partial charge is 0.494 e. The summed E-state index contributed by atoms with van der Waals surface area (Å²) in [6, 6.07) is 20.8. The molecule has 0 fully saturated rings. The predicted molar refractivity (Wildman–Crippen MR) is 136 cm³/mol. The molecule has 3 rings (SSSR count). The molecule has 3 aromatic rings. The molecule has 0 bridgehead atoms. The molecule has 0 aromatic heterocycles. The van der Waals surface area contributed by atoms with Crippen molar-refractivity contribution in [3.05, 3.63) is 88.9 Å². The van der Waals surface area contributed by atoms with Crippen LogP contribution in [0.1, 0.15) is 24.5 Å². The number of anilines is 1. The number of rotatable bonds is 11. The number of halogens is 1. The number of ether oxygens (including phenoxy) is 1. The summed E-state index contributed by atoms with van der Waals surface area (Å²) < 4.78 is 33.3. The summed E-state index contributed by atoms with van der Waals surface area (Å²) in [5.41, 5.74) is 2.46. The number of nitrogens with zero attached hydrogens (tertiary/aromatic N) is 1. The van der Waals surface area contributed by atoms with Crippen LogP contribution in [0.5, 0.6) is 5.75 Å². The van der Waals surface area contributed by atoms with E-state index < -0.39 is 10.0 Å². The lowest BCUT2D eigenvalue weighted by Crippen LogP contribution is -2.41. The van der Waals surface area contributed by atoms with E-state index in [2.05, 4.69) is 5.32 Å². The molecule has 34 heavy (non-hydrogen) atoms. The van der Waals surface area contributed by atoms with E-state index in [1.807, 2.05) is 38.1 Å². The number of carbonyl (C=O) groups is 1. The second-order valence-electron chi connectivity index (χ2n) is 7.83. The molecule has 0 aliphatic carbocycles. The summed E-state index contributed by atoms with van der Waals surface area (Å²) in [5.74, 6) is 0.453. The molecule has 0 unspecified atom stereocenters. The SMILES string of the molecule is CCOc1ccc(CCCNC(=O)CN(c2ccc(Cl)cc2)S(=O)(=O)c2ccc(C)cc2)cc1. The van der Waals surface area contributed by atoms with Crippen molar-refractivity contribution in [2.45, 2.75) is 31.6 Å². The van der Waals surface area contributed by atoms with Crippen LogP contribution in [-0.4, -0.2) is 34.0 Å². The molecule has 0 saturated carbocycles. The third kappa shape index (κ3) is 6.98. The standard InChI is InChI=1S/C26H29ClN2O4S/c1-3-33-24-14-8-21(9-15-24)5-4-18-28-26(30)19-29(23-12-10-22(27)11-13-23)34(31,32)25-16-6-20(2)7-17-25/h6-17H,3-5,18-19H2,1-2H3,(H,28,30). The Morgan fingerprint density at radius 2 is 1.62 bits per heavy atom. The molecule has 180 valence electrons. The van der Waals surface area contributed by atoms with Crippen LogP contribution in [0.25, 0.3) is 0 Å². The Bertz CT molecular complexity index is 1180. The summed E-state index contributed by atoms with van der Waals surface area (Å²) in [5, 5.41) is 3.31. The van der Waals surface area contributed by atoms with Gasteiger partial charge in [0.2, 0.25) is 5.91 Å². The minimum atomic E-state index is -3.94. The fourth-order valence-electron chi connectivity index (χ4n) is 3.39. The lowest BCUT2D eigenvalue weighted by molar-refractivity contribution is -0.119. The number of sulfonamides is 1. The minimum absolute atomic E-state index is 0.122. The average Bonchev–Trinajstić information content (AvgIpc) is 2.82. The van der Waals surface area contributed by atoms with Crippen molar-refractivity contribution < 1.29 is 17.9 Å². The summed E-state index contributed by atoms with van der Waals surface area (Å²) >= 11 is 5.98. The molecular weight excluding hydrogens is 472 g/mol. The fourth-order valence-corrected chi connectivity index (χ4v) is 4.93. The first-order chi connectivity index (χ1) is 16.3. The maximum absolute atomic E-state index is 13.4. The van der Waals surface area contributed by atoms with E-state index in [1.54, 1.807) is 48.5 Å². The van der Waals surface area contributed by atoms with Gasteiger partial charge in [-0.3, -0.25) is 9.10 Å². The lowest BCUT2D eigenvalue weighted by Gasteiger charge is -2.24. The van der Waals surface area contributed by atoms with Gasteiger partial charge in [-0.05, 0) is 80.8 Å². The van der Waals surface area contributed by atoms with Gasteiger partial charge < -0.3 is 10.1 Å². The van der Waals surface area contributed by atoms with Crippen molar-refractivity contribution in [3.63, 3.8) is 0 Å². The van der Waals surface area contributed by atoms with Gasteiger partial charge in [0, 0.05) is 11.6 Å². The second kappa shape index (κ2) is 11.9. The van der Waals surface area contributed by atoms with Crippen molar-refractivity contribution in [1.29, 1.82) is 0 Å². The number of carbonyl (C=O) groups excluding carboxylic acids is 1. The van der Waals surface area contributed by atoms with Gasteiger partial charge in [-0.15, -0.1) is 0 Å². The number of benzene rings is 3. The number of hydrogen-bond acceptors (Lipinski definition) is 4. The Morgan fingerprint density at radius 3 is 2.24 bits per heavy atom. The molecule has 0 saturated heterocycles. The minimum Gasteiger partial charge on any atom is -0.494 e. The zero-order chi connectivity index (χ0) is 24.6. The van der Waals surface area contributed by atoms with Gasteiger partial charge in [0.15, 0.2) is 0 Å². The average molecular weight is 501 g/mol. The molecule has 3 aromatic carbocycles. The lowest BCUT2D eigenvalue weighted by atomic mass is 10.1. The third-order valence-corrected chi connectivity index (χ3v) is 7.25. The third-order valence-electron chi connectivity index (χ3n) is 5.21. The predicted octanol–water partition coefficient (Wildman–Crippen LogP) is 4.99. The molecular formula is C26H29ClN2O4S. The Balaban J connectivity index is 1.64. The van der Waals surface area contributed by atoms with Crippen LogP contribution in [0.3, 0.4) is 0 Å². The molecule has 0 aliphatic heterocycles. The van der Waals surface area contributed by atoms with E-state index in [4.69, 9.17) is 16.3 Å². The van der Waals surface area contributed by atoms with Gasteiger partial charge in [0.25, 0.3) is 10.0 Å². The molecule has 1 N–H and O–H groups in total. The highest BCUT2D eigenvalue weighted by atomic mass is 35.5. The quantitative estimate of drug-likeness (QED) is 0.376. The zero-order valence-electron chi connectivity index (χ0n) is 19.3. The van der Waals surface area contributed by atoms with E-state index >= 15 is 0 Å². The Kier molecular flexibility index (Phi) is 8.96. The highest BCUT2D eigenvalue weighted by molar-refractivity contribution is 7.92. The van der Waals surface area contributed by atoms with Gasteiger partial charge in [0.05, 0.1) is 17.2 Å². The van der Waals surface area contributed by atoms with E-state index in [0.29, 0.717) is 23.9 Å². The summed E-state index contributed by atoms with van der Waals surface area (Å²) in [6.45, 7) is 4.55. The number of aryl methyl sites for hydroxylation is 2. The van der Waals surface area contributed by atoms with E-state index in [0.717, 1.165) is 34.0 Å². The number of nitrogens with one attached hydrogen (secondary N) is 1. The van der Waals surface area contributed by atoms with E-state index in [1.165, 1.54) is 0 Å². The summed E-state index contributed by atoms with van der Waals surface area (Å²) in [6.07, 6.45) is 1.51. The molecule has 0 radical (unpaired) electrons. The van der Waals surface area contributed by atoms with E-state index in [9.17, 15) is 13.2 Å². The first-order valence-electron chi connectivity index (χ1n) is 11.1. The molecule has 6 nitrogen and oxygen atoms in total. The Hall–Kier alpha value is -3.03. The van der Waals surface area contributed by atoms with Crippen molar-refractivity contribution in [3.8, 4) is 5.75 Å². The highest BCUT2D eigenvalue weighted by Gasteiger charge is 2.27. The Labute approximate surface area is 206 Å². The topological polar surface area (TPSA) is 75.7 Å². The maximum Gasteiger partial charge on any atom is 0.264 e. The molecule has 0 atom stereocenters. The van der Waals surface area contributed by atoms with Crippen molar-refractivity contribution in [2.75, 3.05) is 24.0 Å². The zero-order valence-corrected chi connectivity index (χ0v) is 20.9. The summed E-state index contributed by atoms with van der Waals surface area (Å²) in [7, 11) is -3.94.